The lowest BCUT2D eigenvalue weighted by molar-refractivity contribution is -0.141. The van der Waals surface area contributed by atoms with Crippen molar-refractivity contribution in [2.45, 2.75) is 26.2 Å². The minimum atomic E-state index is -0.532. The van der Waals surface area contributed by atoms with Crippen LogP contribution in [0.3, 0.4) is 0 Å². The number of fused-ring (bicyclic) bond motifs is 3. The molecule has 1 saturated heterocycles. The van der Waals surface area contributed by atoms with E-state index < -0.39 is 23.8 Å². The average molecular weight is 484 g/mol. The highest BCUT2D eigenvalue weighted by Crippen LogP contribution is 2.56. The van der Waals surface area contributed by atoms with Gasteiger partial charge in [0.25, 0.3) is 0 Å². The number of methoxy groups -OCH3 is 2. The van der Waals surface area contributed by atoms with E-state index in [1.165, 1.54) is 28.1 Å². The summed E-state index contributed by atoms with van der Waals surface area (Å²) in [4.78, 5) is 36.5. The lowest BCUT2D eigenvalue weighted by Crippen LogP contribution is -2.32. The minimum Gasteiger partial charge on any atom is -0.493 e. The van der Waals surface area contributed by atoms with Crippen LogP contribution in [0, 0.1) is 11.8 Å². The molecule has 0 aromatic heterocycles. The van der Waals surface area contributed by atoms with E-state index in [-0.39, 0.29) is 42.5 Å². The zero-order valence-corrected chi connectivity index (χ0v) is 19.7. The average Bonchev–Trinajstić information content (AvgIpc) is 3.44. The molecular formula is C25H24O10. The second kappa shape index (κ2) is 8.68. The second-order valence-electron chi connectivity index (χ2n) is 8.55. The van der Waals surface area contributed by atoms with E-state index in [2.05, 4.69) is 0 Å². The van der Waals surface area contributed by atoms with Gasteiger partial charge in [-0.05, 0) is 35.7 Å². The molecule has 0 amide bonds. The second-order valence-corrected chi connectivity index (χ2v) is 8.55. The minimum absolute atomic E-state index is 0.00914. The molecule has 35 heavy (non-hydrogen) atoms. The van der Waals surface area contributed by atoms with Gasteiger partial charge >= 0.3 is 17.9 Å². The number of carbonyl (C=O) groups excluding carboxylic acids is 3. The molecule has 0 spiro atoms. The van der Waals surface area contributed by atoms with Crippen LogP contribution in [0.5, 0.6) is 34.5 Å². The van der Waals surface area contributed by atoms with Crippen molar-refractivity contribution >= 4 is 17.9 Å². The Morgan fingerprint density at radius 2 is 1.57 bits per heavy atom. The lowest BCUT2D eigenvalue weighted by Gasteiger charge is -2.34. The van der Waals surface area contributed by atoms with Gasteiger partial charge in [0.1, 0.15) is 0 Å². The van der Waals surface area contributed by atoms with Crippen molar-refractivity contribution in [2.24, 2.45) is 11.8 Å². The maximum atomic E-state index is 12.9. The number of rotatable bonds is 5. The first-order valence-electron chi connectivity index (χ1n) is 11.1. The Hall–Kier alpha value is -3.95. The van der Waals surface area contributed by atoms with Crippen molar-refractivity contribution in [3.8, 4) is 34.5 Å². The van der Waals surface area contributed by atoms with Crippen molar-refractivity contribution in [1.82, 2.24) is 0 Å². The quantitative estimate of drug-likeness (QED) is 0.463. The first-order valence-corrected chi connectivity index (χ1v) is 11.1. The van der Waals surface area contributed by atoms with Crippen LogP contribution in [0.15, 0.2) is 18.2 Å². The molecule has 10 heteroatoms. The van der Waals surface area contributed by atoms with Crippen molar-refractivity contribution in [1.29, 1.82) is 0 Å². The smallest absolute Gasteiger partial charge is 0.310 e. The van der Waals surface area contributed by atoms with E-state index in [4.69, 9.17) is 33.2 Å². The first kappa shape index (κ1) is 22.8. The Morgan fingerprint density at radius 1 is 0.914 bits per heavy atom. The molecule has 2 aromatic rings. The summed E-state index contributed by atoms with van der Waals surface area (Å²) in [6.45, 7) is 2.83. The molecule has 5 rings (SSSR count). The van der Waals surface area contributed by atoms with E-state index in [1.54, 1.807) is 12.1 Å². The number of esters is 3. The number of hydrogen-bond acceptors (Lipinski definition) is 10. The van der Waals surface area contributed by atoms with Crippen molar-refractivity contribution < 1.29 is 47.5 Å². The van der Waals surface area contributed by atoms with Crippen LogP contribution in [0.1, 0.15) is 36.5 Å². The van der Waals surface area contributed by atoms with Crippen LogP contribution < -0.4 is 28.4 Å². The van der Waals surface area contributed by atoms with Gasteiger partial charge in [-0.25, -0.2) is 0 Å². The molecular weight excluding hydrogens is 460 g/mol. The van der Waals surface area contributed by atoms with Gasteiger partial charge in [-0.15, -0.1) is 0 Å². The molecule has 1 fully saturated rings. The molecule has 0 radical (unpaired) electrons. The molecule has 10 nitrogen and oxygen atoms in total. The summed E-state index contributed by atoms with van der Waals surface area (Å²) in [6, 6.07) is 5.23. The molecule has 3 atom stereocenters. The Balaban J connectivity index is 1.74. The van der Waals surface area contributed by atoms with Gasteiger partial charge in [0, 0.05) is 31.2 Å². The summed E-state index contributed by atoms with van der Waals surface area (Å²) in [7, 11) is 2.90. The standard InChI is InChI=1S/C25H24O10/c1-11(26)34-22-16-5-14-9-31-25(28)21(14)20(15(16)8-19-24(22)33-10-32-19)13-6-17(29-3)23(35-12(2)27)18(7-13)30-4/h6-8,14,20-21H,5,9-10H2,1-4H3/t14?,20-,21+/m1/s1. The first-order chi connectivity index (χ1) is 16.8. The fourth-order valence-corrected chi connectivity index (χ4v) is 5.15. The van der Waals surface area contributed by atoms with Gasteiger partial charge < -0.3 is 33.2 Å². The van der Waals surface area contributed by atoms with Gasteiger partial charge in [-0.1, -0.05) is 0 Å². The van der Waals surface area contributed by atoms with E-state index in [1.807, 2.05) is 6.07 Å². The third kappa shape index (κ3) is 3.78. The Bertz CT molecular complexity index is 1210. The van der Waals surface area contributed by atoms with Crippen molar-refractivity contribution in [3.05, 3.63) is 34.9 Å². The highest BCUT2D eigenvalue weighted by molar-refractivity contribution is 5.80. The molecule has 2 aliphatic heterocycles. The van der Waals surface area contributed by atoms with Crippen molar-refractivity contribution in [3.63, 3.8) is 0 Å². The predicted molar refractivity (Wildman–Crippen MR) is 118 cm³/mol. The third-order valence-electron chi connectivity index (χ3n) is 6.47. The zero-order chi connectivity index (χ0) is 24.9. The maximum Gasteiger partial charge on any atom is 0.310 e. The van der Waals surface area contributed by atoms with Gasteiger partial charge in [-0.2, -0.15) is 0 Å². The summed E-state index contributed by atoms with van der Waals surface area (Å²) in [5, 5.41) is 0. The normalized spacial score (nSPS) is 21.5. The van der Waals surface area contributed by atoms with Crippen molar-refractivity contribution in [2.75, 3.05) is 27.6 Å². The van der Waals surface area contributed by atoms with Crippen LogP contribution in [0.4, 0.5) is 0 Å². The fraction of sp³-hybridized carbons (Fsp3) is 0.400. The summed E-state index contributed by atoms with van der Waals surface area (Å²) in [6.07, 6.45) is 0.460. The molecule has 2 aromatic carbocycles. The largest absolute Gasteiger partial charge is 0.493 e. The molecule has 0 bridgehead atoms. The Labute approximate surface area is 200 Å². The van der Waals surface area contributed by atoms with Crippen LogP contribution >= 0.6 is 0 Å². The van der Waals surface area contributed by atoms with E-state index in [9.17, 15) is 14.4 Å². The van der Waals surface area contributed by atoms with Gasteiger partial charge in [-0.3, -0.25) is 14.4 Å². The Morgan fingerprint density at radius 3 is 2.20 bits per heavy atom. The van der Waals surface area contributed by atoms with Crippen LogP contribution in [0.2, 0.25) is 0 Å². The van der Waals surface area contributed by atoms with Crippen LogP contribution in [-0.2, 0) is 25.5 Å². The van der Waals surface area contributed by atoms with E-state index in [0.717, 1.165) is 11.1 Å². The summed E-state index contributed by atoms with van der Waals surface area (Å²) in [5.41, 5.74) is 2.17. The lowest BCUT2D eigenvalue weighted by atomic mass is 9.67. The molecule has 1 aliphatic carbocycles. The number of cyclic esters (lactones) is 1. The molecule has 0 N–H and O–H groups in total. The topological polar surface area (TPSA) is 116 Å². The van der Waals surface area contributed by atoms with Gasteiger partial charge in [0.05, 0.1) is 26.7 Å². The molecule has 1 unspecified atom stereocenters. The predicted octanol–water partition coefficient (Wildman–Crippen LogP) is 2.76. The van der Waals surface area contributed by atoms with E-state index >= 15 is 0 Å². The highest BCUT2D eigenvalue weighted by atomic mass is 16.7. The van der Waals surface area contributed by atoms with E-state index in [0.29, 0.717) is 29.2 Å². The summed E-state index contributed by atoms with van der Waals surface area (Å²) < 4.78 is 38.6. The van der Waals surface area contributed by atoms with Crippen LogP contribution in [0.25, 0.3) is 0 Å². The monoisotopic (exact) mass is 484 g/mol. The van der Waals surface area contributed by atoms with Gasteiger partial charge in [0.15, 0.2) is 23.0 Å². The SMILES string of the molecule is COc1cc([C@@H]2c3cc4c(c(OC(C)=O)c3CC3COC(=O)[C@@H]32)OCO4)cc(OC)c1OC(C)=O. The number of ether oxygens (including phenoxy) is 7. The third-order valence-corrected chi connectivity index (χ3v) is 6.47. The van der Waals surface area contributed by atoms with Crippen LogP contribution in [-0.4, -0.2) is 45.5 Å². The fourth-order valence-electron chi connectivity index (χ4n) is 5.15. The molecule has 0 saturated carbocycles. The number of carbonyl (C=O) groups is 3. The summed E-state index contributed by atoms with van der Waals surface area (Å²) in [5.74, 6) is -0.751. The van der Waals surface area contributed by atoms with Gasteiger partial charge in [0.2, 0.25) is 18.3 Å². The molecule has 2 heterocycles. The number of hydrogen-bond donors (Lipinski definition) is 0. The molecule has 3 aliphatic rings. The maximum absolute atomic E-state index is 12.9. The zero-order valence-electron chi connectivity index (χ0n) is 19.7. The Kier molecular flexibility index (Phi) is 5.66. The number of benzene rings is 2. The highest BCUT2D eigenvalue weighted by Gasteiger charge is 2.49. The summed E-state index contributed by atoms with van der Waals surface area (Å²) >= 11 is 0. The molecule has 184 valence electrons.